The average molecular weight is 515 g/mol. The number of carbonyl (C=O) groups is 2. The van der Waals surface area contributed by atoms with E-state index in [1.165, 1.54) is 0 Å². The molecule has 0 spiro atoms. The van der Waals surface area contributed by atoms with Gasteiger partial charge < -0.3 is 10.6 Å². The maximum absolute atomic E-state index is 12.4. The first-order valence-corrected chi connectivity index (χ1v) is 14.6. The number of hydrogen-bond acceptors (Lipinski definition) is 8. The van der Waals surface area contributed by atoms with Gasteiger partial charge >= 0.3 is 0 Å². The quantitative estimate of drug-likeness (QED) is 0.343. The molecule has 1 saturated heterocycles. The van der Waals surface area contributed by atoms with Crippen LogP contribution in [0.15, 0.2) is 17.8 Å². The number of sulfone groups is 1. The summed E-state index contributed by atoms with van der Waals surface area (Å²) in [6.07, 6.45) is 9.14. The van der Waals surface area contributed by atoms with Crippen molar-refractivity contribution in [3.63, 3.8) is 0 Å². The highest BCUT2D eigenvalue weighted by molar-refractivity contribution is 7.91. The zero-order chi connectivity index (χ0) is 25.4. The van der Waals surface area contributed by atoms with Gasteiger partial charge in [-0.15, -0.1) is 0 Å². The molecule has 0 unspecified atom stereocenters. The number of hydrogen-bond donors (Lipinski definition) is 3. The van der Waals surface area contributed by atoms with E-state index in [0.29, 0.717) is 28.6 Å². The molecule has 5 rings (SSSR count). The van der Waals surface area contributed by atoms with Crippen LogP contribution in [0.4, 0.5) is 11.6 Å². The predicted molar refractivity (Wildman–Crippen MR) is 138 cm³/mol. The molecule has 0 bridgehead atoms. The van der Waals surface area contributed by atoms with Crippen LogP contribution in [0.2, 0.25) is 0 Å². The molecule has 11 heteroatoms. The van der Waals surface area contributed by atoms with Crippen molar-refractivity contribution < 1.29 is 18.0 Å². The van der Waals surface area contributed by atoms with Gasteiger partial charge in [-0.3, -0.25) is 14.9 Å². The SMILES string of the molecule is CC(C)CS(=O)(=O)CC1CCC(Nc2cc(NC3CC3)n3ncc(/C=C4\CC(=O)NC4=O)c3n2)CC1. The minimum absolute atomic E-state index is 0.0530. The van der Waals surface area contributed by atoms with Crippen molar-refractivity contribution in [1.82, 2.24) is 19.9 Å². The van der Waals surface area contributed by atoms with Crippen molar-refractivity contribution in [2.45, 2.75) is 70.9 Å². The van der Waals surface area contributed by atoms with Gasteiger partial charge in [0.1, 0.15) is 11.6 Å². The number of nitrogens with zero attached hydrogens (tertiary/aromatic N) is 3. The summed E-state index contributed by atoms with van der Waals surface area (Å²) >= 11 is 0. The van der Waals surface area contributed by atoms with Crippen LogP contribution >= 0.6 is 0 Å². The van der Waals surface area contributed by atoms with Crippen LogP contribution in [0.3, 0.4) is 0 Å². The van der Waals surface area contributed by atoms with Crippen molar-refractivity contribution in [3.05, 3.63) is 23.4 Å². The fourth-order valence-electron chi connectivity index (χ4n) is 5.12. The third-order valence-electron chi connectivity index (χ3n) is 6.93. The highest BCUT2D eigenvalue weighted by atomic mass is 32.2. The Balaban J connectivity index is 1.32. The molecule has 0 aromatic carbocycles. The number of carbonyl (C=O) groups excluding carboxylic acids is 2. The Morgan fingerprint density at radius 2 is 1.81 bits per heavy atom. The number of amides is 2. The molecule has 194 valence electrons. The second-order valence-corrected chi connectivity index (χ2v) is 13.0. The van der Waals surface area contributed by atoms with E-state index < -0.39 is 9.84 Å². The summed E-state index contributed by atoms with van der Waals surface area (Å²) in [7, 11) is -3.01. The molecular formula is C25H34N6O4S. The van der Waals surface area contributed by atoms with Crippen molar-refractivity contribution in [2.75, 3.05) is 22.1 Å². The van der Waals surface area contributed by atoms with Gasteiger partial charge in [-0.05, 0) is 56.4 Å². The smallest absolute Gasteiger partial charge is 0.254 e. The van der Waals surface area contributed by atoms with E-state index in [4.69, 9.17) is 4.98 Å². The van der Waals surface area contributed by atoms with Gasteiger partial charge in [0, 0.05) is 29.3 Å². The minimum atomic E-state index is -3.01. The topological polar surface area (TPSA) is 135 Å². The molecule has 2 aromatic rings. The summed E-state index contributed by atoms with van der Waals surface area (Å²) in [5.74, 6) is 1.76. The lowest BCUT2D eigenvalue weighted by Gasteiger charge is -2.29. The second kappa shape index (κ2) is 9.84. The molecule has 2 aliphatic carbocycles. The first kappa shape index (κ1) is 24.7. The van der Waals surface area contributed by atoms with E-state index in [2.05, 4.69) is 21.0 Å². The van der Waals surface area contributed by atoms with Crippen LogP contribution in [0.25, 0.3) is 11.7 Å². The van der Waals surface area contributed by atoms with E-state index in [1.807, 2.05) is 19.9 Å². The van der Waals surface area contributed by atoms with Crippen molar-refractivity contribution in [2.24, 2.45) is 11.8 Å². The molecule has 3 fully saturated rings. The molecule has 3 aliphatic rings. The molecule has 0 radical (unpaired) electrons. The molecule has 2 amide bonds. The van der Waals surface area contributed by atoms with Gasteiger partial charge in [-0.2, -0.15) is 9.61 Å². The van der Waals surface area contributed by atoms with E-state index in [9.17, 15) is 18.0 Å². The molecule has 3 heterocycles. The second-order valence-electron chi connectivity index (χ2n) is 10.8. The lowest BCUT2D eigenvalue weighted by atomic mass is 9.87. The fraction of sp³-hybridized carbons (Fsp3) is 0.600. The Kier molecular flexibility index (Phi) is 6.76. The molecule has 0 atom stereocenters. The highest BCUT2D eigenvalue weighted by Crippen LogP contribution is 2.31. The lowest BCUT2D eigenvalue weighted by molar-refractivity contribution is -0.124. The molecule has 3 N–H and O–H groups in total. The number of imide groups is 1. The van der Waals surface area contributed by atoms with E-state index in [0.717, 1.165) is 44.3 Å². The predicted octanol–water partition coefficient (Wildman–Crippen LogP) is 2.78. The summed E-state index contributed by atoms with van der Waals surface area (Å²) in [6.45, 7) is 3.89. The summed E-state index contributed by atoms with van der Waals surface area (Å²) in [5.41, 5.74) is 1.69. The van der Waals surface area contributed by atoms with Crippen LogP contribution in [0, 0.1) is 11.8 Å². The van der Waals surface area contributed by atoms with Crippen LogP contribution in [-0.2, 0) is 19.4 Å². The third-order valence-corrected chi connectivity index (χ3v) is 9.08. The summed E-state index contributed by atoms with van der Waals surface area (Å²) < 4.78 is 26.6. The summed E-state index contributed by atoms with van der Waals surface area (Å²) in [4.78, 5) is 28.5. The minimum Gasteiger partial charge on any atom is -0.367 e. The Hall–Kier alpha value is -2.95. The van der Waals surface area contributed by atoms with E-state index in [1.54, 1.807) is 16.8 Å². The molecule has 10 nitrogen and oxygen atoms in total. The molecule has 36 heavy (non-hydrogen) atoms. The number of anilines is 2. The highest BCUT2D eigenvalue weighted by Gasteiger charge is 2.28. The van der Waals surface area contributed by atoms with Gasteiger partial charge in [0.15, 0.2) is 15.5 Å². The maximum Gasteiger partial charge on any atom is 0.254 e. The lowest BCUT2D eigenvalue weighted by Crippen LogP contribution is -2.30. The van der Waals surface area contributed by atoms with Gasteiger partial charge in [0.05, 0.1) is 24.1 Å². The zero-order valence-corrected chi connectivity index (χ0v) is 21.6. The first-order chi connectivity index (χ1) is 17.1. The Morgan fingerprint density at radius 1 is 1.11 bits per heavy atom. The van der Waals surface area contributed by atoms with Crippen LogP contribution in [0.5, 0.6) is 0 Å². The monoisotopic (exact) mass is 514 g/mol. The van der Waals surface area contributed by atoms with Crippen LogP contribution in [0.1, 0.15) is 64.4 Å². The molecule has 2 aromatic heterocycles. The van der Waals surface area contributed by atoms with Crippen molar-refractivity contribution in [1.29, 1.82) is 0 Å². The van der Waals surface area contributed by atoms with Crippen molar-refractivity contribution >= 4 is 45.0 Å². The average Bonchev–Trinajstić information content (AvgIpc) is 3.42. The van der Waals surface area contributed by atoms with Crippen molar-refractivity contribution in [3.8, 4) is 0 Å². The first-order valence-electron chi connectivity index (χ1n) is 12.8. The molecule has 1 aliphatic heterocycles. The summed E-state index contributed by atoms with van der Waals surface area (Å²) in [6, 6.07) is 2.58. The van der Waals surface area contributed by atoms with Gasteiger partial charge in [-0.1, -0.05) is 13.8 Å². The number of fused-ring (bicyclic) bond motifs is 1. The zero-order valence-electron chi connectivity index (χ0n) is 20.8. The van der Waals surface area contributed by atoms with E-state index >= 15 is 0 Å². The number of nitrogens with one attached hydrogen (secondary N) is 3. The third kappa shape index (κ3) is 5.88. The largest absolute Gasteiger partial charge is 0.367 e. The standard InChI is InChI=1S/C25H34N6O4S/c1-15(2)13-36(34,35)14-16-3-5-19(6-4-16)27-21-11-22(28-20-7-8-20)31-24(29-21)18(12-26-31)9-17-10-23(32)30-25(17)33/h9,11-12,15-16,19-20,28H,3-8,10,13-14H2,1-2H3,(H,27,29)(H,30,32,33)/b17-9+. The van der Waals surface area contributed by atoms with Gasteiger partial charge in [0.2, 0.25) is 5.91 Å². The summed E-state index contributed by atoms with van der Waals surface area (Å²) in [5, 5.41) is 13.9. The molecular weight excluding hydrogens is 480 g/mol. The normalized spacial score (nSPS) is 24.0. The number of aromatic nitrogens is 3. The Morgan fingerprint density at radius 3 is 2.44 bits per heavy atom. The fourth-order valence-corrected chi connectivity index (χ4v) is 7.32. The molecule has 2 saturated carbocycles. The maximum atomic E-state index is 12.4. The van der Waals surface area contributed by atoms with Crippen LogP contribution < -0.4 is 16.0 Å². The van der Waals surface area contributed by atoms with Gasteiger partial charge in [-0.25, -0.2) is 13.4 Å². The van der Waals surface area contributed by atoms with Gasteiger partial charge in [0.25, 0.3) is 5.91 Å². The van der Waals surface area contributed by atoms with E-state index in [-0.39, 0.29) is 47.6 Å². The number of rotatable bonds is 9. The Labute approximate surface area is 211 Å². The Bertz CT molecular complexity index is 1300. The van der Waals surface area contributed by atoms with Crippen LogP contribution in [-0.4, -0.2) is 58.4 Å².